The number of anilines is 1. The van der Waals surface area contributed by atoms with Crippen LogP contribution in [0.25, 0.3) is 5.57 Å². The van der Waals surface area contributed by atoms with Gasteiger partial charge < -0.3 is 5.32 Å². The standard InChI is InChI=1S/C25H29N3O/c1-7-12-26-25(28-24-11-10-23(16-29)19(4)14-24)21(6)27-15-20(5)22-9-8-17(2)18(3)13-22/h7-16H,1-6H3,(H,26,28)/b12-7-,20-15+,27-21?. The summed E-state index contributed by atoms with van der Waals surface area (Å²) in [6, 6.07) is 12.0. The number of nitrogens with one attached hydrogen (secondary N) is 1. The van der Waals surface area contributed by atoms with Crippen LogP contribution in [0.3, 0.4) is 0 Å². The summed E-state index contributed by atoms with van der Waals surface area (Å²) in [5, 5.41) is 3.31. The van der Waals surface area contributed by atoms with Crippen molar-refractivity contribution in [1.29, 1.82) is 0 Å². The third-order valence-electron chi connectivity index (χ3n) is 4.77. The van der Waals surface area contributed by atoms with Crippen LogP contribution in [0.4, 0.5) is 5.69 Å². The highest BCUT2D eigenvalue weighted by Gasteiger charge is 2.06. The number of aldehydes is 1. The number of amidine groups is 1. The first-order chi connectivity index (χ1) is 13.8. The Morgan fingerprint density at radius 2 is 1.69 bits per heavy atom. The summed E-state index contributed by atoms with van der Waals surface area (Å²) in [5.74, 6) is 0.658. The summed E-state index contributed by atoms with van der Waals surface area (Å²) in [6.07, 6.45) is 6.33. The van der Waals surface area contributed by atoms with Crippen molar-refractivity contribution in [2.24, 2.45) is 9.98 Å². The molecular weight excluding hydrogens is 358 g/mol. The SMILES string of the molecule is C/C=C\N=C(Nc1ccc(C=O)c(C)c1)C(C)=N/C=C(\C)c1ccc(C)c(C)c1. The van der Waals surface area contributed by atoms with Crippen LogP contribution >= 0.6 is 0 Å². The maximum absolute atomic E-state index is 11.0. The molecule has 2 aromatic carbocycles. The lowest BCUT2D eigenvalue weighted by Crippen LogP contribution is -2.20. The second-order valence-electron chi connectivity index (χ2n) is 7.10. The number of rotatable bonds is 6. The smallest absolute Gasteiger partial charge is 0.151 e. The molecule has 0 heterocycles. The van der Waals surface area contributed by atoms with E-state index >= 15 is 0 Å². The molecule has 0 radical (unpaired) electrons. The molecule has 0 aliphatic carbocycles. The summed E-state index contributed by atoms with van der Waals surface area (Å²) in [5.41, 5.74) is 8.01. The van der Waals surface area contributed by atoms with Gasteiger partial charge in [0.2, 0.25) is 0 Å². The number of carbonyl (C=O) groups excluding carboxylic acids is 1. The lowest BCUT2D eigenvalue weighted by Gasteiger charge is -2.11. The molecule has 1 N–H and O–H groups in total. The summed E-state index contributed by atoms with van der Waals surface area (Å²) in [6.45, 7) is 12.0. The van der Waals surface area contributed by atoms with Gasteiger partial charge in [0.05, 0.1) is 5.71 Å². The van der Waals surface area contributed by atoms with E-state index < -0.39 is 0 Å². The zero-order valence-electron chi connectivity index (χ0n) is 18.1. The Labute approximate surface area is 173 Å². The molecule has 0 unspecified atom stereocenters. The molecule has 0 bridgehead atoms. The average Bonchev–Trinajstić information content (AvgIpc) is 2.71. The molecule has 0 atom stereocenters. The monoisotopic (exact) mass is 387 g/mol. The van der Waals surface area contributed by atoms with Crippen LogP contribution in [0.15, 0.2) is 64.9 Å². The minimum absolute atomic E-state index is 0.658. The Hall–Kier alpha value is -3.27. The number of allylic oxidation sites excluding steroid dienone is 2. The van der Waals surface area contributed by atoms with Gasteiger partial charge in [-0.2, -0.15) is 0 Å². The quantitative estimate of drug-likeness (QED) is 0.360. The zero-order chi connectivity index (χ0) is 21.4. The molecule has 2 aromatic rings. The fourth-order valence-corrected chi connectivity index (χ4v) is 2.70. The minimum Gasteiger partial charge on any atom is -0.339 e. The van der Waals surface area contributed by atoms with Crippen molar-refractivity contribution in [2.45, 2.75) is 41.5 Å². The molecule has 4 nitrogen and oxygen atoms in total. The number of hydrogen-bond acceptors (Lipinski definition) is 3. The molecule has 0 fully saturated rings. The molecule has 0 spiro atoms. The lowest BCUT2D eigenvalue weighted by atomic mass is 10.0. The maximum atomic E-state index is 11.0. The van der Waals surface area contributed by atoms with Crippen LogP contribution in [0, 0.1) is 20.8 Å². The van der Waals surface area contributed by atoms with E-state index in [2.05, 4.69) is 54.3 Å². The van der Waals surface area contributed by atoms with Crippen molar-refractivity contribution in [2.75, 3.05) is 5.32 Å². The summed E-state index contributed by atoms with van der Waals surface area (Å²) in [4.78, 5) is 20.1. The lowest BCUT2D eigenvalue weighted by molar-refractivity contribution is 0.112. The van der Waals surface area contributed by atoms with Crippen LogP contribution in [-0.2, 0) is 0 Å². The van der Waals surface area contributed by atoms with E-state index in [0.717, 1.165) is 34.4 Å². The van der Waals surface area contributed by atoms with E-state index in [1.165, 1.54) is 11.1 Å². The molecule has 0 aliphatic rings. The topological polar surface area (TPSA) is 53.8 Å². The van der Waals surface area contributed by atoms with Crippen molar-refractivity contribution in [1.82, 2.24) is 0 Å². The Morgan fingerprint density at radius 1 is 0.931 bits per heavy atom. The molecule has 0 amide bonds. The van der Waals surface area contributed by atoms with Crippen molar-refractivity contribution in [3.8, 4) is 0 Å². The van der Waals surface area contributed by atoms with Gasteiger partial charge in [0, 0.05) is 23.7 Å². The van der Waals surface area contributed by atoms with E-state index in [0.29, 0.717) is 11.4 Å². The summed E-state index contributed by atoms with van der Waals surface area (Å²) in [7, 11) is 0. The first-order valence-corrected chi connectivity index (χ1v) is 9.66. The van der Waals surface area contributed by atoms with Crippen LogP contribution in [0.1, 0.15) is 53.4 Å². The summed E-state index contributed by atoms with van der Waals surface area (Å²) < 4.78 is 0. The number of hydrogen-bond donors (Lipinski definition) is 1. The normalized spacial score (nSPS) is 13.1. The Bertz CT molecular complexity index is 1010. The Balaban J connectivity index is 2.30. The molecule has 4 heteroatoms. The highest BCUT2D eigenvalue weighted by Crippen LogP contribution is 2.18. The van der Waals surface area contributed by atoms with Gasteiger partial charge in [-0.05, 0) is 87.6 Å². The van der Waals surface area contributed by atoms with E-state index in [-0.39, 0.29) is 0 Å². The Morgan fingerprint density at radius 3 is 2.31 bits per heavy atom. The van der Waals surface area contributed by atoms with Crippen molar-refractivity contribution >= 4 is 29.1 Å². The molecule has 0 aliphatic heterocycles. The van der Waals surface area contributed by atoms with Gasteiger partial charge in [-0.15, -0.1) is 0 Å². The second kappa shape index (κ2) is 10.3. The molecule has 0 aromatic heterocycles. The number of carbonyl (C=O) groups is 1. The van der Waals surface area contributed by atoms with Crippen LogP contribution in [0.5, 0.6) is 0 Å². The molecule has 150 valence electrons. The van der Waals surface area contributed by atoms with Crippen LogP contribution in [0.2, 0.25) is 0 Å². The molecular formula is C25H29N3O. The van der Waals surface area contributed by atoms with Gasteiger partial charge in [-0.3, -0.25) is 9.79 Å². The average molecular weight is 388 g/mol. The van der Waals surface area contributed by atoms with Crippen LogP contribution < -0.4 is 5.32 Å². The molecule has 0 saturated heterocycles. The van der Waals surface area contributed by atoms with E-state index in [1.807, 2.05) is 45.2 Å². The van der Waals surface area contributed by atoms with Gasteiger partial charge in [-0.25, -0.2) is 4.99 Å². The third kappa shape index (κ3) is 6.11. The minimum atomic E-state index is 0.658. The molecule has 0 saturated carbocycles. The zero-order valence-corrected chi connectivity index (χ0v) is 18.1. The van der Waals surface area contributed by atoms with Gasteiger partial charge in [-0.1, -0.05) is 24.3 Å². The predicted molar refractivity (Wildman–Crippen MR) is 125 cm³/mol. The van der Waals surface area contributed by atoms with E-state index in [4.69, 9.17) is 0 Å². The van der Waals surface area contributed by atoms with Gasteiger partial charge in [0.1, 0.15) is 6.29 Å². The fourth-order valence-electron chi connectivity index (χ4n) is 2.70. The molecule has 2 rings (SSSR count). The first-order valence-electron chi connectivity index (χ1n) is 9.66. The summed E-state index contributed by atoms with van der Waals surface area (Å²) >= 11 is 0. The highest BCUT2D eigenvalue weighted by molar-refractivity contribution is 6.45. The van der Waals surface area contributed by atoms with E-state index in [1.54, 1.807) is 12.3 Å². The number of aliphatic imine (C=N–C) groups is 2. The van der Waals surface area contributed by atoms with Gasteiger partial charge in [0.25, 0.3) is 0 Å². The number of benzene rings is 2. The van der Waals surface area contributed by atoms with Gasteiger partial charge >= 0.3 is 0 Å². The van der Waals surface area contributed by atoms with Crippen molar-refractivity contribution < 1.29 is 4.79 Å². The molecule has 29 heavy (non-hydrogen) atoms. The first kappa shape index (κ1) is 22.0. The van der Waals surface area contributed by atoms with Crippen molar-refractivity contribution in [3.05, 3.63) is 82.7 Å². The van der Waals surface area contributed by atoms with Gasteiger partial charge in [0.15, 0.2) is 5.84 Å². The van der Waals surface area contributed by atoms with E-state index in [9.17, 15) is 4.79 Å². The highest BCUT2D eigenvalue weighted by atomic mass is 16.1. The largest absolute Gasteiger partial charge is 0.339 e. The number of aryl methyl sites for hydroxylation is 3. The predicted octanol–water partition coefficient (Wildman–Crippen LogP) is 6.29. The maximum Gasteiger partial charge on any atom is 0.151 e. The number of nitrogens with zero attached hydrogens (tertiary/aromatic N) is 2. The van der Waals surface area contributed by atoms with Crippen LogP contribution in [-0.4, -0.2) is 17.8 Å². The van der Waals surface area contributed by atoms with Crippen molar-refractivity contribution in [3.63, 3.8) is 0 Å². The third-order valence-corrected chi connectivity index (χ3v) is 4.77. The second-order valence-corrected chi connectivity index (χ2v) is 7.10. The Kier molecular flexibility index (Phi) is 7.84. The fraction of sp³-hybridized carbons (Fsp3) is 0.240.